The maximum atomic E-state index is 12.0. The first kappa shape index (κ1) is 12.9. The molecule has 0 bridgehead atoms. The van der Waals surface area contributed by atoms with Gasteiger partial charge < -0.3 is 10.3 Å². The first-order valence-electron chi connectivity index (χ1n) is 4.87. The Hall–Kier alpha value is -0.590. The molecule has 90 valence electrons. The lowest BCUT2D eigenvalue weighted by Crippen LogP contribution is -2.22. The third kappa shape index (κ3) is 2.48. The molecule has 0 amide bonds. The van der Waals surface area contributed by atoms with Crippen molar-refractivity contribution in [2.75, 3.05) is 5.73 Å². The molecule has 2 N–H and O–H groups in total. The number of aromatic nitrogens is 1. The number of hydrogen-bond donors (Lipinski definition) is 1. The molecule has 17 heavy (non-hydrogen) atoms. The fourth-order valence-corrected chi connectivity index (χ4v) is 3.38. The molecule has 0 saturated heterocycles. The molecule has 0 aliphatic rings. The van der Waals surface area contributed by atoms with E-state index >= 15 is 0 Å². The lowest BCUT2D eigenvalue weighted by Gasteiger charge is -2.09. The van der Waals surface area contributed by atoms with Gasteiger partial charge in [0.1, 0.15) is 0 Å². The molecule has 3 nitrogen and oxygen atoms in total. The van der Waals surface area contributed by atoms with Crippen LogP contribution < -0.4 is 11.3 Å². The summed E-state index contributed by atoms with van der Waals surface area (Å²) in [7, 11) is 0. The van der Waals surface area contributed by atoms with Crippen LogP contribution in [0.25, 0.3) is 0 Å². The summed E-state index contributed by atoms with van der Waals surface area (Å²) in [5.41, 5.74) is 7.20. The number of pyridine rings is 1. The van der Waals surface area contributed by atoms with Crippen LogP contribution in [-0.2, 0) is 6.54 Å². The number of rotatable bonds is 2. The predicted molar refractivity (Wildman–Crippen MR) is 78.7 cm³/mol. The Bertz CT molecular complexity index is 618. The van der Waals surface area contributed by atoms with Crippen molar-refractivity contribution in [3.05, 3.63) is 47.4 Å². The summed E-state index contributed by atoms with van der Waals surface area (Å²) in [5, 5.41) is 1.98. The van der Waals surface area contributed by atoms with Gasteiger partial charge in [-0.3, -0.25) is 4.79 Å². The number of nitrogens with zero attached hydrogens (tertiary/aromatic N) is 1. The van der Waals surface area contributed by atoms with Gasteiger partial charge in [0.05, 0.1) is 16.7 Å². The van der Waals surface area contributed by atoms with E-state index in [1.54, 1.807) is 22.1 Å². The van der Waals surface area contributed by atoms with Gasteiger partial charge >= 0.3 is 0 Å². The van der Waals surface area contributed by atoms with Gasteiger partial charge in [0.15, 0.2) is 0 Å². The fraction of sp³-hybridized carbons (Fsp3) is 0.182. The number of anilines is 1. The SMILES string of the molecule is Cc1c(N)cn(Cc2sccc2Br)c(=O)c1Br. The second-order valence-corrected chi connectivity index (χ2v) is 6.30. The molecule has 2 aromatic heterocycles. The Labute approximate surface area is 120 Å². The van der Waals surface area contributed by atoms with Crippen molar-refractivity contribution in [2.45, 2.75) is 13.5 Å². The van der Waals surface area contributed by atoms with Crippen LogP contribution in [0.1, 0.15) is 10.4 Å². The molecule has 0 aliphatic heterocycles. The first-order chi connectivity index (χ1) is 8.00. The maximum absolute atomic E-state index is 12.0. The minimum absolute atomic E-state index is 0.0583. The van der Waals surface area contributed by atoms with E-state index in [-0.39, 0.29) is 5.56 Å². The van der Waals surface area contributed by atoms with E-state index in [2.05, 4.69) is 31.9 Å². The van der Waals surface area contributed by atoms with Gasteiger partial charge in [-0.15, -0.1) is 11.3 Å². The Morgan fingerprint density at radius 3 is 2.76 bits per heavy atom. The molecule has 0 saturated carbocycles. The van der Waals surface area contributed by atoms with Crippen LogP contribution in [0.2, 0.25) is 0 Å². The van der Waals surface area contributed by atoms with Gasteiger partial charge in [-0.2, -0.15) is 0 Å². The van der Waals surface area contributed by atoms with Crippen LogP contribution in [0.5, 0.6) is 0 Å². The molecule has 2 heterocycles. The number of halogens is 2. The zero-order valence-electron chi connectivity index (χ0n) is 9.04. The molecule has 6 heteroatoms. The van der Waals surface area contributed by atoms with Gasteiger partial charge in [0.2, 0.25) is 0 Å². The molecule has 0 fully saturated rings. The molecular formula is C11H10Br2N2OS. The van der Waals surface area contributed by atoms with Crippen molar-refractivity contribution in [3.8, 4) is 0 Å². The summed E-state index contributed by atoms with van der Waals surface area (Å²) < 4.78 is 3.16. The monoisotopic (exact) mass is 376 g/mol. The summed E-state index contributed by atoms with van der Waals surface area (Å²) in [4.78, 5) is 13.1. The molecule has 0 aromatic carbocycles. The van der Waals surface area contributed by atoms with Crippen molar-refractivity contribution in [1.29, 1.82) is 0 Å². The van der Waals surface area contributed by atoms with E-state index in [1.807, 2.05) is 18.4 Å². The quantitative estimate of drug-likeness (QED) is 0.872. The number of nitrogens with two attached hydrogens (primary N) is 1. The van der Waals surface area contributed by atoms with Crippen LogP contribution in [0.15, 0.2) is 31.4 Å². The molecule has 0 spiro atoms. The van der Waals surface area contributed by atoms with Gasteiger partial charge in [-0.05, 0) is 55.8 Å². The Kier molecular flexibility index (Phi) is 3.75. The topological polar surface area (TPSA) is 48.0 Å². The van der Waals surface area contributed by atoms with E-state index in [1.165, 1.54) is 0 Å². The average molecular weight is 378 g/mol. The summed E-state index contributed by atoms with van der Waals surface area (Å²) >= 11 is 8.34. The van der Waals surface area contributed by atoms with Crippen LogP contribution in [0.4, 0.5) is 5.69 Å². The van der Waals surface area contributed by atoms with E-state index in [0.717, 1.165) is 14.9 Å². The lowest BCUT2D eigenvalue weighted by atomic mass is 10.2. The van der Waals surface area contributed by atoms with E-state index in [4.69, 9.17) is 5.73 Å². The van der Waals surface area contributed by atoms with Crippen LogP contribution in [0, 0.1) is 6.92 Å². The molecule has 0 radical (unpaired) electrons. The zero-order chi connectivity index (χ0) is 12.6. The number of thiophene rings is 1. The second kappa shape index (κ2) is 4.96. The number of hydrogen-bond acceptors (Lipinski definition) is 3. The van der Waals surface area contributed by atoms with E-state index < -0.39 is 0 Å². The summed E-state index contributed by atoms with van der Waals surface area (Å²) in [5.74, 6) is 0. The summed E-state index contributed by atoms with van der Waals surface area (Å²) in [6.45, 7) is 2.35. The van der Waals surface area contributed by atoms with Crippen LogP contribution in [0.3, 0.4) is 0 Å². The van der Waals surface area contributed by atoms with Gasteiger partial charge in [0, 0.05) is 15.5 Å². The summed E-state index contributed by atoms with van der Waals surface area (Å²) in [6.07, 6.45) is 1.69. The van der Waals surface area contributed by atoms with Crippen LogP contribution in [-0.4, -0.2) is 4.57 Å². The van der Waals surface area contributed by atoms with Crippen LogP contribution >= 0.6 is 43.2 Å². The molecule has 0 unspecified atom stereocenters. The molecular weight excluding hydrogens is 368 g/mol. The smallest absolute Gasteiger partial charge is 0.265 e. The third-order valence-electron chi connectivity index (χ3n) is 2.51. The lowest BCUT2D eigenvalue weighted by molar-refractivity contribution is 0.762. The zero-order valence-corrected chi connectivity index (χ0v) is 13.0. The van der Waals surface area contributed by atoms with Crippen molar-refractivity contribution >= 4 is 48.9 Å². The standard InChI is InChI=1S/C11H10Br2N2OS/c1-6-8(14)4-15(11(16)10(6)13)5-9-7(12)2-3-17-9/h2-4H,5,14H2,1H3. The fourth-order valence-electron chi connectivity index (χ4n) is 1.45. The molecule has 0 aliphatic carbocycles. The third-order valence-corrected chi connectivity index (χ3v) is 5.36. The van der Waals surface area contributed by atoms with Crippen molar-refractivity contribution < 1.29 is 0 Å². The largest absolute Gasteiger partial charge is 0.397 e. The Morgan fingerprint density at radius 2 is 2.18 bits per heavy atom. The maximum Gasteiger partial charge on any atom is 0.265 e. The first-order valence-corrected chi connectivity index (χ1v) is 7.34. The highest BCUT2D eigenvalue weighted by Crippen LogP contribution is 2.24. The average Bonchev–Trinajstić information content (AvgIpc) is 2.69. The van der Waals surface area contributed by atoms with Crippen molar-refractivity contribution in [1.82, 2.24) is 4.57 Å². The highest BCUT2D eigenvalue weighted by Gasteiger charge is 2.10. The predicted octanol–water partition coefficient (Wildman–Crippen LogP) is 3.37. The highest BCUT2D eigenvalue weighted by atomic mass is 79.9. The minimum Gasteiger partial charge on any atom is -0.397 e. The van der Waals surface area contributed by atoms with E-state index in [9.17, 15) is 4.79 Å². The van der Waals surface area contributed by atoms with Gasteiger partial charge in [0.25, 0.3) is 5.56 Å². The van der Waals surface area contributed by atoms with E-state index in [0.29, 0.717) is 16.7 Å². The molecule has 0 atom stereocenters. The molecule has 2 rings (SSSR count). The van der Waals surface area contributed by atoms with Crippen molar-refractivity contribution in [2.24, 2.45) is 0 Å². The number of nitrogen functional groups attached to an aromatic ring is 1. The van der Waals surface area contributed by atoms with Gasteiger partial charge in [-0.1, -0.05) is 0 Å². The Morgan fingerprint density at radius 1 is 1.47 bits per heavy atom. The molecule has 2 aromatic rings. The van der Waals surface area contributed by atoms with Gasteiger partial charge in [-0.25, -0.2) is 0 Å². The van der Waals surface area contributed by atoms with Crippen molar-refractivity contribution in [3.63, 3.8) is 0 Å². The highest BCUT2D eigenvalue weighted by molar-refractivity contribution is 9.10. The second-order valence-electron chi connectivity index (χ2n) is 3.65. The Balaban J connectivity index is 2.48. The normalized spacial score (nSPS) is 10.8. The minimum atomic E-state index is -0.0583. The summed E-state index contributed by atoms with van der Waals surface area (Å²) in [6, 6.07) is 1.97.